The normalized spacial score (nSPS) is 12.3. The number of hydrogen-bond acceptors (Lipinski definition) is 7. The number of nitrogens with one attached hydrogen (secondary N) is 3. The van der Waals surface area contributed by atoms with Crippen LogP contribution in [0.2, 0.25) is 0 Å². The first-order chi connectivity index (χ1) is 14.7. The van der Waals surface area contributed by atoms with Gasteiger partial charge in [-0.05, 0) is 43.7 Å². The molecule has 0 fully saturated rings. The van der Waals surface area contributed by atoms with Gasteiger partial charge < -0.3 is 24.6 Å². The van der Waals surface area contributed by atoms with Crippen LogP contribution in [-0.4, -0.2) is 36.0 Å². The summed E-state index contributed by atoms with van der Waals surface area (Å²) < 4.78 is 14.9. The van der Waals surface area contributed by atoms with Crippen LogP contribution in [0.15, 0.2) is 51.8 Å². The number of H-pyrrole nitrogens is 1. The first kappa shape index (κ1) is 21.9. The lowest BCUT2D eigenvalue weighted by molar-refractivity contribution is -0.143. The lowest BCUT2D eigenvalue weighted by Crippen LogP contribution is -2.45. The summed E-state index contributed by atoms with van der Waals surface area (Å²) in [5.41, 5.74) is -0.546. The van der Waals surface area contributed by atoms with Gasteiger partial charge in [0.05, 0.1) is 12.7 Å². The van der Waals surface area contributed by atoms with Gasteiger partial charge in [-0.3, -0.25) is 0 Å². The molecule has 0 unspecified atom stereocenters. The number of anilines is 2. The van der Waals surface area contributed by atoms with Gasteiger partial charge in [0.1, 0.15) is 17.5 Å². The number of aromatic nitrogens is 1. The Morgan fingerprint density at radius 1 is 1.13 bits per heavy atom. The minimum absolute atomic E-state index is 0.152. The molecule has 164 valence electrons. The Hall–Kier alpha value is -3.75. The van der Waals surface area contributed by atoms with Crippen molar-refractivity contribution in [2.45, 2.75) is 38.8 Å². The van der Waals surface area contributed by atoms with Gasteiger partial charge in [-0.15, -0.1) is 0 Å². The first-order valence-electron chi connectivity index (χ1n) is 9.70. The van der Waals surface area contributed by atoms with Gasteiger partial charge in [0.2, 0.25) is 0 Å². The fourth-order valence-corrected chi connectivity index (χ4v) is 3.01. The highest BCUT2D eigenvalue weighted by molar-refractivity contribution is 5.86. The second-order valence-corrected chi connectivity index (χ2v) is 7.96. The zero-order valence-corrected chi connectivity index (χ0v) is 17.8. The molecule has 2 aromatic carbocycles. The summed E-state index contributed by atoms with van der Waals surface area (Å²) in [5.74, 6) is -0.441. The molecule has 0 radical (unpaired) electrons. The maximum absolute atomic E-state index is 12.3. The summed E-state index contributed by atoms with van der Waals surface area (Å²) in [7, 11) is 1.19. The standard InChI is InChI=1S/C22H25N3O6/c1-22(2,3)30-21(28)24-17(20(27)29-4)12-16-18(25-31-19(16)26)23-15-10-9-13-7-5-6-8-14(13)11-15/h5-11,17,23,25H,12H2,1-4H3,(H,24,28)/t17-/m0/s1. The van der Waals surface area contributed by atoms with Crippen molar-refractivity contribution in [3.8, 4) is 0 Å². The van der Waals surface area contributed by atoms with E-state index in [0.29, 0.717) is 5.69 Å². The predicted octanol–water partition coefficient (Wildman–Crippen LogP) is 3.47. The third kappa shape index (κ3) is 5.65. The van der Waals surface area contributed by atoms with Gasteiger partial charge in [-0.25, -0.2) is 19.5 Å². The van der Waals surface area contributed by atoms with Crippen LogP contribution in [0.3, 0.4) is 0 Å². The molecule has 0 aliphatic rings. The molecule has 0 bridgehead atoms. The van der Waals surface area contributed by atoms with Crippen LogP contribution < -0.4 is 16.3 Å². The SMILES string of the molecule is COC(=O)[C@H](Cc1c(Nc2ccc3ccccc3c2)[nH]oc1=O)NC(=O)OC(C)(C)C. The molecule has 0 aliphatic heterocycles. The lowest BCUT2D eigenvalue weighted by Gasteiger charge is -2.22. The van der Waals surface area contributed by atoms with Crippen molar-refractivity contribution in [2.24, 2.45) is 0 Å². The molecule has 0 aliphatic carbocycles. The zero-order chi connectivity index (χ0) is 22.6. The number of hydrogen-bond donors (Lipinski definition) is 3. The Bertz CT molecular complexity index is 1140. The lowest BCUT2D eigenvalue weighted by atomic mass is 10.1. The fourth-order valence-electron chi connectivity index (χ4n) is 3.01. The third-order valence-corrected chi connectivity index (χ3v) is 4.40. The summed E-state index contributed by atoms with van der Waals surface area (Å²) in [4.78, 5) is 36.6. The molecule has 1 amide bonds. The highest BCUT2D eigenvalue weighted by atomic mass is 16.6. The smallest absolute Gasteiger partial charge is 0.408 e. The molecule has 0 saturated heterocycles. The van der Waals surface area contributed by atoms with E-state index in [2.05, 4.69) is 15.8 Å². The van der Waals surface area contributed by atoms with E-state index in [-0.39, 0.29) is 17.8 Å². The second kappa shape index (κ2) is 8.95. The number of ether oxygens (including phenoxy) is 2. The summed E-state index contributed by atoms with van der Waals surface area (Å²) in [6.45, 7) is 5.10. The minimum atomic E-state index is -1.14. The third-order valence-electron chi connectivity index (χ3n) is 4.40. The summed E-state index contributed by atoms with van der Waals surface area (Å²) in [5, 5.41) is 10.2. The monoisotopic (exact) mass is 427 g/mol. The largest absolute Gasteiger partial charge is 0.467 e. The Kier molecular flexibility index (Phi) is 6.33. The average molecular weight is 427 g/mol. The molecule has 9 nitrogen and oxygen atoms in total. The van der Waals surface area contributed by atoms with E-state index in [1.54, 1.807) is 20.8 Å². The molecular weight excluding hydrogens is 402 g/mol. The number of aromatic amines is 1. The predicted molar refractivity (Wildman–Crippen MR) is 115 cm³/mol. The number of amides is 1. The average Bonchev–Trinajstić information content (AvgIpc) is 3.04. The van der Waals surface area contributed by atoms with Crippen molar-refractivity contribution < 1.29 is 23.6 Å². The van der Waals surface area contributed by atoms with Gasteiger partial charge in [0.25, 0.3) is 0 Å². The highest BCUT2D eigenvalue weighted by Gasteiger charge is 2.28. The van der Waals surface area contributed by atoms with Gasteiger partial charge in [0, 0.05) is 12.1 Å². The van der Waals surface area contributed by atoms with Crippen molar-refractivity contribution in [2.75, 3.05) is 12.4 Å². The number of carbonyl (C=O) groups is 2. The number of esters is 1. The number of rotatable bonds is 6. The van der Waals surface area contributed by atoms with Crippen LogP contribution in [-0.2, 0) is 20.7 Å². The van der Waals surface area contributed by atoms with E-state index in [1.807, 2.05) is 42.5 Å². The van der Waals surface area contributed by atoms with E-state index >= 15 is 0 Å². The Balaban J connectivity index is 1.82. The van der Waals surface area contributed by atoms with Gasteiger partial charge in [-0.1, -0.05) is 30.3 Å². The van der Waals surface area contributed by atoms with Crippen LogP contribution in [0.25, 0.3) is 10.8 Å². The Morgan fingerprint density at radius 3 is 2.52 bits per heavy atom. The van der Waals surface area contributed by atoms with Crippen LogP contribution in [0, 0.1) is 0 Å². The number of alkyl carbamates (subject to hydrolysis) is 1. The van der Waals surface area contributed by atoms with Crippen LogP contribution in [0.1, 0.15) is 26.3 Å². The molecule has 1 heterocycles. The van der Waals surface area contributed by atoms with Crippen molar-refractivity contribution in [3.05, 3.63) is 58.4 Å². The molecule has 3 aromatic rings. The number of benzene rings is 2. The fraction of sp³-hybridized carbons (Fsp3) is 0.318. The second-order valence-electron chi connectivity index (χ2n) is 7.96. The molecular formula is C22H25N3O6. The van der Waals surface area contributed by atoms with Crippen molar-refractivity contribution in [1.82, 2.24) is 10.5 Å². The van der Waals surface area contributed by atoms with Crippen molar-refractivity contribution in [3.63, 3.8) is 0 Å². The molecule has 0 saturated carbocycles. The van der Waals surface area contributed by atoms with Gasteiger partial charge >= 0.3 is 17.7 Å². The van der Waals surface area contributed by atoms with E-state index < -0.39 is 29.3 Å². The molecule has 9 heteroatoms. The molecule has 1 aromatic heterocycles. The minimum Gasteiger partial charge on any atom is -0.467 e. The molecule has 0 spiro atoms. The highest BCUT2D eigenvalue weighted by Crippen LogP contribution is 2.23. The maximum atomic E-state index is 12.3. The van der Waals surface area contributed by atoms with E-state index in [4.69, 9.17) is 14.0 Å². The summed E-state index contributed by atoms with van der Waals surface area (Å²) >= 11 is 0. The zero-order valence-electron chi connectivity index (χ0n) is 17.8. The number of carbonyl (C=O) groups excluding carboxylic acids is 2. The molecule has 31 heavy (non-hydrogen) atoms. The van der Waals surface area contributed by atoms with E-state index in [1.165, 1.54) is 7.11 Å². The summed E-state index contributed by atoms with van der Waals surface area (Å²) in [6, 6.07) is 12.4. The van der Waals surface area contributed by atoms with Crippen molar-refractivity contribution in [1.29, 1.82) is 0 Å². The topological polar surface area (TPSA) is 123 Å². The van der Waals surface area contributed by atoms with E-state index in [9.17, 15) is 14.4 Å². The molecule has 1 atom stereocenters. The summed E-state index contributed by atoms with van der Waals surface area (Å²) in [6.07, 6.45) is -0.958. The quantitative estimate of drug-likeness (QED) is 0.515. The van der Waals surface area contributed by atoms with Crippen molar-refractivity contribution >= 4 is 34.3 Å². The van der Waals surface area contributed by atoms with Crippen LogP contribution >= 0.6 is 0 Å². The first-order valence-corrected chi connectivity index (χ1v) is 9.70. The Morgan fingerprint density at radius 2 is 1.84 bits per heavy atom. The Labute approximate surface area is 178 Å². The molecule has 3 N–H and O–H groups in total. The van der Waals surface area contributed by atoms with Gasteiger partial charge in [0.15, 0.2) is 0 Å². The number of methoxy groups -OCH3 is 1. The van der Waals surface area contributed by atoms with Crippen LogP contribution in [0.4, 0.5) is 16.3 Å². The van der Waals surface area contributed by atoms with Gasteiger partial charge in [-0.2, -0.15) is 0 Å². The van der Waals surface area contributed by atoms with E-state index in [0.717, 1.165) is 10.8 Å². The number of fused-ring (bicyclic) bond motifs is 1. The maximum Gasteiger partial charge on any atom is 0.408 e. The molecule has 3 rings (SSSR count). The van der Waals surface area contributed by atoms with Crippen LogP contribution in [0.5, 0.6) is 0 Å².